The van der Waals surface area contributed by atoms with Crippen LogP contribution in [-0.2, 0) is 13.5 Å². The number of aliphatic hydroxyl groups excluding tert-OH is 2. The first-order chi connectivity index (χ1) is 7.61. The van der Waals surface area contributed by atoms with Gasteiger partial charge in [-0.2, -0.15) is 0 Å². The molecule has 0 aliphatic rings. The van der Waals surface area contributed by atoms with Crippen LogP contribution in [0.5, 0.6) is 0 Å². The van der Waals surface area contributed by atoms with Crippen molar-refractivity contribution in [2.75, 3.05) is 26.3 Å². The first-order valence-electron chi connectivity index (χ1n) is 5.36. The van der Waals surface area contributed by atoms with Gasteiger partial charge in [0.25, 0.3) is 0 Å². The van der Waals surface area contributed by atoms with E-state index in [0.717, 1.165) is 18.8 Å². The molecule has 0 saturated heterocycles. The lowest BCUT2D eigenvalue weighted by Crippen LogP contribution is -2.38. The largest absolute Gasteiger partial charge is 0.396 e. The molecule has 6 heteroatoms. The Morgan fingerprint density at radius 3 is 2.62 bits per heavy atom. The lowest BCUT2D eigenvalue weighted by Gasteiger charge is -2.24. The minimum absolute atomic E-state index is 0.0273. The van der Waals surface area contributed by atoms with Crippen LogP contribution in [0.1, 0.15) is 12.7 Å². The molecule has 0 bridgehead atoms. The van der Waals surface area contributed by atoms with Gasteiger partial charge in [-0.05, 0) is 0 Å². The summed E-state index contributed by atoms with van der Waals surface area (Å²) in [5, 5.41) is 29.1. The third-order valence-corrected chi connectivity index (χ3v) is 2.65. The molecule has 0 aliphatic heterocycles. The molecule has 0 fully saturated rings. The average Bonchev–Trinajstić information content (AvgIpc) is 2.70. The van der Waals surface area contributed by atoms with Gasteiger partial charge in [-0.25, -0.2) is 0 Å². The Labute approximate surface area is 95.3 Å². The number of aliphatic hydroxyl groups is 2. The molecule has 0 radical (unpaired) electrons. The lowest BCUT2D eigenvalue weighted by molar-refractivity contribution is 0.0700. The van der Waals surface area contributed by atoms with Gasteiger partial charge in [-0.15, -0.1) is 10.2 Å². The first kappa shape index (κ1) is 13.1. The Morgan fingerprint density at radius 1 is 1.44 bits per heavy atom. The van der Waals surface area contributed by atoms with E-state index in [-0.39, 0.29) is 13.2 Å². The predicted octanol–water partition coefficient (Wildman–Crippen LogP) is -1.06. The average molecular weight is 228 g/mol. The number of rotatable bonds is 7. The highest BCUT2D eigenvalue weighted by molar-refractivity contribution is 4.85. The molecule has 1 aromatic rings. The van der Waals surface area contributed by atoms with Gasteiger partial charge in [0.1, 0.15) is 12.2 Å². The van der Waals surface area contributed by atoms with Crippen LogP contribution in [0.25, 0.3) is 0 Å². The van der Waals surface area contributed by atoms with Crippen molar-refractivity contribution in [3.05, 3.63) is 12.2 Å². The van der Waals surface area contributed by atoms with Gasteiger partial charge in [0.2, 0.25) is 0 Å². The molecule has 16 heavy (non-hydrogen) atoms. The number of aromatic nitrogens is 3. The normalized spacial score (nSPS) is 12.0. The zero-order valence-corrected chi connectivity index (χ0v) is 9.85. The summed E-state index contributed by atoms with van der Waals surface area (Å²) in [6, 6.07) is 0. The van der Waals surface area contributed by atoms with E-state index >= 15 is 0 Å². The van der Waals surface area contributed by atoms with Crippen molar-refractivity contribution in [3.63, 3.8) is 0 Å². The topological polar surface area (TPSA) is 83.2 Å². The molecule has 0 amide bonds. The highest BCUT2D eigenvalue weighted by Crippen LogP contribution is 2.11. The molecule has 3 N–H and O–H groups in total. The van der Waals surface area contributed by atoms with Gasteiger partial charge in [-0.3, -0.25) is 0 Å². The summed E-state index contributed by atoms with van der Waals surface area (Å²) in [5.41, 5.74) is -0.458. The monoisotopic (exact) mass is 228 g/mol. The van der Waals surface area contributed by atoms with Crippen LogP contribution in [0.4, 0.5) is 0 Å². The van der Waals surface area contributed by atoms with Gasteiger partial charge in [0, 0.05) is 32.0 Å². The Kier molecular flexibility index (Phi) is 4.85. The maximum absolute atomic E-state index is 9.09. The van der Waals surface area contributed by atoms with Crippen LogP contribution in [-0.4, -0.2) is 51.3 Å². The minimum atomic E-state index is -0.458. The van der Waals surface area contributed by atoms with Crippen LogP contribution in [0.3, 0.4) is 0 Å². The fourth-order valence-corrected chi connectivity index (χ4v) is 1.29. The van der Waals surface area contributed by atoms with E-state index in [1.165, 1.54) is 0 Å². The standard InChI is InChI=1S/C10H20N4O2/c1-10(6-15,7-16)5-11-4-3-9-13-12-8-14(9)2/h8,11,15-16H,3-7H2,1-2H3. The van der Waals surface area contributed by atoms with Crippen LogP contribution >= 0.6 is 0 Å². The number of nitrogens with zero attached hydrogens (tertiary/aromatic N) is 3. The molecule has 0 aliphatic carbocycles. The van der Waals surface area contributed by atoms with E-state index in [1.807, 2.05) is 18.5 Å². The number of aryl methyl sites for hydroxylation is 1. The first-order valence-corrected chi connectivity index (χ1v) is 5.36. The van der Waals surface area contributed by atoms with Crippen molar-refractivity contribution in [2.45, 2.75) is 13.3 Å². The second-order valence-corrected chi connectivity index (χ2v) is 4.41. The quantitative estimate of drug-likeness (QED) is 0.518. The second-order valence-electron chi connectivity index (χ2n) is 4.41. The number of hydrogen-bond acceptors (Lipinski definition) is 5. The number of nitrogens with one attached hydrogen (secondary N) is 1. The van der Waals surface area contributed by atoms with E-state index in [9.17, 15) is 0 Å². The van der Waals surface area contributed by atoms with Crippen molar-refractivity contribution in [2.24, 2.45) is 12.5 Å². The Morgan fingerprint density at radius 2 is 2.12 bits per heavy atom. The molecule has 6 nitrogen and oxygen atoms in total. The minimum Gasteiger partial charge on any atom is -0.396 e. The second kappa shape index (κ2) is 5.93. The molecule has 0 aromatic carbocycles. The van der Waals surface area contributed by atoms with E-state index in [1.54, 1.807) is 6.33 Å². The molecule has 1 heterocycles. The molecule has 1 aromatic heterocycles. The molecule has 1 rings (SSSR count). The van der Waals surface area contributed by atoms with Crippen LogP contribution < -0.4 is 5.32 Å². The molecule has 0 spiro atoms. The van der Waals surface area contributed by atoms with Gasteiger partial charge in [0.15, 0.2) is 0 Å². The van der Waals surface area contributed by atoms with Crippen LogP contribution in [0, 0.1) is 5.41 Å². The predicted molar refractivity (Wildman–Crippen MR) is 59.9 cm³/mol. The third-order valence-electron chi connectivity index (χ3n) is 2.65. The van der Waals surface area contributed by atoms with Crippen molar-refractivity contribution in [1.29, 1.82) is 0 Å². The fourth-order valence-electron chi connectivity index (χ4n) is 1.29. The Hall–Kier alpha value is -0.980. The van der Waals surface area contributed by atoms with Crippen LogP contribution in [0.15, 0.2) is 6.33 Å². The van der Waals surface area contributed by atoms with Crippen molar-refractivity contribution < 1.29 is 10.2 Å². The highest BCUT2D eigenvalue weighted by Gasteiger charge is 2.21. The molecular weight excluding hydrogens is 208 g/mol. The smallest absolute Gasteiger partial charge is 0.133 e. The summed E-state index contributed by atoms with van der Waals surface area (Å²) in [6.45, 7) is 3.11. The summed E-state index contributed by atoms with van der Waals surface area (Å²) < 4.78 is 1.87. The van der Waals surface area contributed by atoms with Gasteiger partial charge < -0.3 is 20.1 Å². The van der Waals surface area contributed by atoms with E-state index in [0.29, 0.717) is 6.54 Å². The maximum Gasteiger partial charge on any atom is 0.133 e. The molecule has 0 unspecified atom stereocenters. The highest BCUT2D eigenvalue weighted by atomic mass is 16.3. The SMILES string of the molecule is Cn1cnnc1CCNCC(C)(CO)CO. The van der Waals surface area contributed by atoms with Gasteiger partial charge >= 0.3 is 0 Å². The summed E-state index contributed by atoms with van der Waals surface area (Å²) in [4.78, 5) is 0. The van der Waals surface area contributed by atoms with E-state index in [2.05, 4.69) is 15.5 Å². The summed E-state index contributed by atoms with van der Waals surface area (Å²) in [7, 11) is 1.90. The van der Waals surface area contributed by atoms with Gasteiger partial charge in [-0.1, -0.05) is 6.92 Å². The molecule has 0 atom stereocenters. The number of hydrogen-bond donors (Lipinski definition) is 3. The maximum atomic E-state index is 9.09. The van der Waals surface area contributed by atoms with Gasteiger partial charge in [0.05, 0.1) is 13.2 Å². The Balaban J connectivity index is 2.24. The lowest BCUT2D eigenvalue weighted by atomic mass is 9.93. The molecule has 0 saturated carbocycles. The zero-order chi connectivity index (χ0) is 12.0. The van der Waals surface area contributed by atoms with E-state index < -0.39 is 5.41 Å². The Bertz CT molecular complexity index is 310. The van der Waals surface area contributed by atoms with Crippen LogP contribution in [0.2, 0.25) is 0 Å². The van der Waals surface area contributed by atoms with Crippen molar-refractivity contribution in [3.8, 4) is 0 Å². The van der Waals surface area contributed by atoms with E-state index in [4.69, 9.17) is 10.2 Å². The summed E-state index contributed by atoms with van der Waals surface area (Å²) in [5.74, 6) is 0.919. The molecule has 92 valence electrons. The van der Waals surface area contributed by atoms with Crippen molar-refractivity contribution in [1.82, 2.24) is 20.1 Å². The third kappa shape index (κ3) is 3.55. The summed E-state index contributed by atoms with van der Waals surface area (Å²) in [6.07, 6.45) is 2.45. The fraction of sp³-hybridized carbons (Fsp3) is 0.800. The van der Waals surface area contributed by atoms with Crippen molar-refractivity contribution >= 4 is 0 Å². The molecular formula is C10H20N4O2. The zero-order valence-electron chi connectivity index (χ0n) is 9.85. The summed E-state index contributed by atoms with van der Waals surface area (Å²) >= 11 is 0.